The van der Waals surface area contributed by atoms with Crippen molar-refractivity contribution in [2.45, 2.75) is 45.7 Å². The third-order valence-electron chi connectivity index (χ3n) is 4.03. The summed E-state index contributed by atoms with van der Waals surface area (Å²) in [5.74, 6) is 0.413. The van der Waals surface area contributed by atoms with Gasteiger partial charge in [-0.1, -0.05) is 26.7 Å². The molecule has 0 saturated heterocycles. The number of alkyl halides is 3. The van der Waals surface area contributed by atoms with Crippen molar-refractivity contribution >= 4 is 11.6 Å². The van der Waals surface area contributed by atoms with E-state index in [1.807, 2.05) is 13.8 Å². The monoisotopic (exact) mass is 397 g/mol. The standard InChI is InChI=1S/C20H26F3N3O2/c1-4-6-7-13-28-18-17(20(21,22)23)14-24-19(25-18)26(3)15-8-10-16(11-9-15)27-12-5-2/h8-11,14H,4-7,12-13H2,1-3H3. The molecule has 0 aliphatic heterocycles. The van der Waals surface area contributed by atoms with Gasteiger partial charge in [-0.05, 0) is 37.1 Å². The Bertz CT molecular complexity index is 736. The average Bonchev–Trinajstić information content (AvgIpc) is 2.68. The first kappa shape index (κ1) is 21.8. The predicted molar refractivity (Wildman–Crippen MR) is 102 cm³/mol. The Kier molecular flexibility index (Phi) is 7.90. The lowest BCUT2D eigenvalue weighted by Crippen LogP contribution is -2.17. The maximum Gasteiger partial charge on any atom is 0.423 e. The van der Waals surface area contributed by atoms with E-state index in [1.165, 1.54) is 0 Å². The van der Waals surface area contributed by atoms with Gasteiger partial charge in [-0.25, -0.2) is 4.98 Å². The number of unbranched alkanes of at least 4 members (excludes halogenated alkanes) is 2. The van der Waals surface area contributed by atoms with Gasteiger partial charge in [-0.15, -0.1) is 0 Å². The highest BCUT2D eigenvalue weighted by atomic mass is 19.4. The van der Waals surface area contributed by atoms with E-state index in [1.54, 1.807) is 36.2 Å². The van der Waals surface area contributed by atoms with Crippen LogP contribution in [0.1, 0.15) is 45.1 Å². The number of anilines is 2. The van der Waals surface area contributed by atoms with Gasteiger partial charge in [0.25, 0.3) is 0 Å². The summed E-state index contributed by atoms with van der Waals surface area (Å²) < 4.78 is 50.6. The van der Waals surface area contributed by atoms with Crippen LogP contribution in [0.2, 0.25) is 0 Å². The highest BCUT2D eigenvalue weighted by Gasteiger charge is 2.36. The summed E-state index contributed by atoms with van der Waals surface area (Å²) in [6.07, 6.45) is -0.399. The normalized spacial score (nSPS) is 11.4. The molecule has 1 aromatic carbocycles. The van der Waals surface area contributed by atoms with Gasteiger partial charge >= 0.3 is 6.18 Å². The summed E-state index contributed by atoms with van der Waals surface area (Å²) >= 11 is 0. The summed E-state index contributed by atoms with van der Waals surface area (Å²) in [7, 11) is 1.69. The highest BCUT2D eigenvalue weighted by molar-refractivity contribution is 5.58. The second-order valence-corrected chi connectivity index (χ2v) is 6.34. The van der Waals surface area contributed by atoms with E-state index in [4.69, 9.17) is 9.47 Å². The van der Waals surface area contributed by atoms with Crippen LogP contribution in [0, 0.1) is 0 Å². The number of aromatic nitrogens is 2. The van der Waals surface area contributed by atoms with Crippen LogP contribution < -0.4 is 14.4 Å². The molecule has 28 heavy (non-hydrogen) atoms. The molecule has 0 saturated carbocycles. The van der Waals surface area contributed by atoms with Crippen molar-refractivity contribution in [1.29, 1.82) is 0 Å². The van der Waals surface area contributed by atoms with Crippen molar-refractivity contribution in [2.75, 3.05) is 25.2 Å². The van der Waals surface area contributed by atoms with E-state index in [-0.39, 0.29) is 12.6 Å². The third-order valence-corrected chi connectivity index (χ3v) is 4.03. The Morgan fingerprint density at radius 1 is 0.964 bits per heavy atom. The van der Waals surface area contributed by atoms with E-state index in [9.17, 15) is 13.2 Å². The minimum Gasteiger partial charge on any atom is -0.494 e. The van der Waals surface area contributed by atoms with E-state index in [2.05, 4.69) is 9.97 Å². The van der Waals surface area contributed by atoms with Crippen LogP contribution in [0.25, 0.3) is 0 Å². The Morgan fingerprint density at radius 2 is 1.68 bits per heavy atom. The van der Waals surface area contributed by atoms with Gasteiger partial charge < -0.3 is 14.4 Å². The van der Waals surface area contributed by atoms with Crippen molar-refractivity contribution in [1.82, 2.24) is 9.97 Å². The van der Waals surface area contributed by atoms with Gasteiger partial charge in [-0.3, -0.25) is 0 Å². The average molecular weight is 397 g/mol. The molecule has 0 radical (unpaired) electrons. The molecule has 0 bridgehead atoms. The summed E-state index contributed by atoms with van der Waals surface area (Å²) in [6.45, 7) is 4.83. The number of halogens is 3. The van der Waals surface area contributed by atoms with Gasteiger partial charge in [0.05, 0.1) is 13.2 Å². The molecule has 2 aromatic rings. The van der Waals surface area contributed by atoms with Crippen molar-refractivity contribution in [3.8, 4) is 11.6 Å². The molecule has 1 aromatic heterocycles. The molecule has 154 valence electrons. The molecule has 8 heteroatoms. The van der Waals surface area contributed by atoms with Gasteiger partial charge in [0.15, 0.2) is 0 Å². The number of ether oxygens (including phenoxy) is 2. The number of hydrogen-bond acceptors (Lipinski definition) is 5. The van der Waals surface area contributed by atoms with Gasteiger partial charge in [0, 0.05) is 18.9 Å². The SMILES string of the molecule is CCCCCOc1nc(N(C)c2ccc(OCCC)cc2)ncc1C(F)(F)F. The van der Waals surface area contributed by atoms with Crippen LogP contribution >= 0.6 is 0 Å². The smallest absolute Gasteiger partial charge is 0.423 e. The molecule has 2 rings (SSSR count). The molecule has 1 heterocycles. The molecule has 0 spiro atoms. The zero-order valence-corrected chi connectivity index (χ0v) is 16.4. The maximum absolute atomic E-state index is 13.2. The predicted octanol–water partition coefficient (Wildman–Crippen LogP) is 5.62. The number of hydrogen-bond donors (Lipinski definition) is 0. The fraction of sp³-hybridized carbons (Fsp3) is 0.500. The van der Waals surface area contributed by atoms with E-state index in [0.29, 0.717) is 13.0 Å². The fourth-order valence-electron chi connectivity index (χ4n) is 2.45. The second kappa shape index (κ2) is 10.1. The second-order valence-electron chi connectivity index (χ2n) is 6.34. The van der Waals surface area contributed by atoms with Crippen molar-refractivity contribution < 1.29 is 22.6 Å². The molecule has 0 aliphatic rings. The highest BCUT2D eigenvalue weighted by Crippen LogP contribution is 2.36. The Labute approximate surface area is 163 Å². The van der Waals surface area contributed by atoms with E-state index >= 15 is 0 Å². The molecule has 0 atom stereocenters. The first-order chi connectivity index (χ1) is 13.4. The van der Waals surface area contributed by atoms with Crippen molar-refractivity contribution in [3.63, 3.8) is 0 Å². The van der Waals surface area contributed by atoms with Crippen molar-refractivity contribution in [2.24, 2.45) is 0 Å². The first-order valence-electron chi connectivity index (χ1n) is 9.40. The maximum atomic E-state index is 13.2. The molecule has 0 aliphatic carbocycles. The molecule has 0 amide bonds. The Hall–Kier alpha value is -2.51. The van der Waals surface area contributed by atoms with E-state index in [0.717, 1.165) is 36.9 Å². The topological polar surface area (TPSA) is 47.5 Å². The van der Waals surface area contributed by atoms with E-state index < -0.39 is 17.6 Å². The molecule has 0 N–H and O–H groups in total. The quantitative estimate of drug-likeness (QED) is 0.487. The summed E-state index contributed by atoms with van der Waals surface area (Å²) in [6, 6.07) is 7.20. The van der Waals surface area contributed by atoms with Crippen LogP contribution in [-0.2, 0) is 6.18 Å². The minimum absolute atomic E-state index is 0.126. The Balaban J connectivity index is 2.21. The number of rotatable bonds is 10. The van der Waals surface area contributed by atoms with Crippen LogP contribution in [0.4, 0.5) is 24.8 Å². The molecule has 0 unspecified atom stereocenters. The molecular weight excluding hydrogens is 371 g/mol. The summed E-state index contributed by atoms with van der Waals surface area (Å²) in [4.78, 5) is 9.51. The lowest BCUT2D eigenvalue weighted by molar-refractivity contribution is -0.139. The molecule has 0 fully saturated rings. The van der Waals surface area contributed by atoms with Gasteiger partial charge in [0.2, 0.25) is 11.8 Å². The van der Waals surface area contributed by atoms with Crippen molar-refractivity contribution in [3.05, 3.63) is 36.0 Å². The summed E-state index contributed by atoms with van der Waals surface area (Å²) in [5, 5.41) is 0. The lowest BCUT2D eigenvalue weighted by Gasteiger charge is -2.20. The third kappa shape index (κ3) is 6.00. The zero-order chi connectivity index (χ0) is 20.6. The summed E-state index contributed by atoms with van der Waals surface area (Å²) in [5.41, 5.74) is -0.245. The number of benzene rings is 1. The van der Waals surface area contributed by atoms with Crippen LogP contribution in [0.3, 0.4) is 0 Å². The lowest BCUT2D eigenvalue weighted by atomic mass is 10.2. The Morgan fingerprint density at radius 3 is 2.29 bits per heavy atom. The molecule has 5 nitrogen and oxygen atoms in total. The van der Waals surface area contributed by atoms with Crippen LogP contribution in [0.15, 0.2) is 30.5 Å². The van der Waals surface area contributed by atoms with Gasteiger partial charge in [0.1, 0.15) is 11.3 Å². The first-order valence-corrected chi connectivity index (χ1v) is 9.40. The largest absolute Gasteiger partial charge is 0.494 e. The minimum atomic E-state index is -4.57. The van der Waals surface area contributed by atoms with Crippen LogP contribution in [0.5, 0.6) is 11.6 Å². The molecular formula is C20H26F3N3O2. The van der Waals surface area contributed by atoms with Gasteiger partial charge in [-0.2, -0.15) is 18.2 Å². The van der Waals surface area contributed by atoms with Crippen LogP contribution in [-0.4, -0.2) is 30.2 Å². The fourth-order valence-corrected chi connectivity index (χ4v) is 2.45. The zero-order valence-electron chi connectivity index (χ0n) is 16.4. The number of nitrogens with zero attached hydrogens (tertiary/aromatic N) is 3.